The molecule has 0 unspecified atom stereocenters. The molecule has 0 radical (unpaired) electrons. The van der Waals surface area contributed by atoms with Crippen molar-refractivity contribution in [3.8, 4) is 0 Å². The number of carbonyl (C=O) groups is 1. The summed E-state index contributed by atoms with van der Waals surface area (Å²) in [5.74, 6) is -0.0191. The molecule has 2 atom stereocenters. The second-order valence-electron chi connectivity index (χ2n) is 6.23. The molecule has 1 spiro atoms. The predicted octanol–water partition coefficient (Wildman–Crippen LogP) is 2.55. The molecule has 5 nitrogen and oxygen atoms in total. The molecule has 0 saturated carbocycles. The van der Waals surface area contributed by atoms with Crippen molar-refractivity contribution < 1.29 is 14.3 Å². The highest BCUT2D eigenvalue weighted by Crippen LogP contribution is 2.33. The Labute approximate surface area is 141 Å². The number of rotatable bonds is 4. The smallest absolute Gasteiger partial charge is 0.225 e. The normalized spacial score (nSPS) is 28.2. The van der Waals surface area contributed by atoms with Crippen LogP contribution in [0.15, 0.2) is 24.3 Å². The van der Waals surface area contributed by atoms with E-state index >= 15 is 0 Å². The molecule has 0 bridgehead atoms. The minimum atomic E-state index is -0.197. The van der Waals surface area contributed by atoms with Crippen molar-refractivity contribution in [3.63, 3.8) is 0 Å². The Bertz CT molecular complexity index is 569. The molecule has 3 rings (SSSR count). The number of nitrogens with one attached hydrogen (secondary N) is 1. The second-order valence-corrected chi connectivity index (χ2v) is 6.64. The monoisotopic (exact) mass is 338 g/mol. The van der Waals surface area contributed by atoms with Crippen LogP contribution in [0.4, 0.5) is 5.69 Å². The second kappa shape index (κ2) is 7.18. The lowest BCUT2D eigenvalue weighted by Gasteiger charge is -2.42. The van der Waals surface area contributed by atoms with Gasteiger partial charge in [-0.25, -0.2) is 0 Å². The molecule has 1 aromatic rings. The minimum absolute atomic E-state index is 0.0191. The minimum Gasteiger partial charge on any atom is -0.375 e. The molecule has 2 heterocycles. The van der Waals surface area contributed by atoms with E-state index in [1.807, 2.05) is 18.2 Å². The predicted molar refractivity (Wildman–Crippen MR) is 89.9 cm³/mol. The van der Waals surface area contributed by atoms with E-state index in [0.29, 0.717) is 30.3 Å². The third-order valence-corrected chi connectivity index (χ3v) is 5.05. The highest BCUT2D eigenvalue weighted by Gasteiger charge is 2.45. The maximum Gasteiger partial charge on any atom is 0.225 e. The number of para-hydroxylation sites is 1. The standard InChI is InChI=1S/C17H23ClN2O3/c1-13-17(7-10-22-13)12-20(9-11-23-17)8-6-16(21)19-15-5-3-2-4-14(15)18/h2-5,13H,6-12H2,1H3,(H,19,21)/t13-,17-/m1/s1. The number of anilines is 1. The van der Waals surface area contributed by atoms with Gasteiger partial charge >= 0.3 is 0 Å². The average molecular weight is 339 g/mol. The quantitative estimate of drug-likeness (QED) is 0.916. The number of hydrogen-bond donors (Lipinski definition) is 1. The Hall–Kier alpha value is -1.14. The third-order valence-electron chi connectivity index (χ3n) is 4.73. The summed E-state index contributed by atoms with van der Waals surface area (Å²) < 4.78 is 11.7. The van der Waals surface area contributed by atoms with Gasteiger partial charge in [-0.2, -0.15) is 0 Å². The van der Waals surface area contributed by atoms with Gasteiger partial charge in [0.2, 0.25) is 5.91 Å². The molecule has 1 aromatic carbocycles. The fourth-order valence-electron chi connectivity index (χ4n) is 3.27. The fraction of sp³-hybridized carbons (Fsp3) is 0.588. The maximum atomic E-state index is 12.1. The summed E-state index contributed by atoms with van der Waals surface area (Å²) in [6.07, 6.45) is 1.48. The summed E-state index contributed by atoms with van der Waals surface area (Å²) in [6, 6.07) is 7.27. The van der Waals surface area contributed by atoms with Gasteiger partial charge in [0.1, 0.15) is 5.60 Å². The first-order chi connectivity index (χ1) is 11.1. The van der Waals surface area contributed by atoms with Crippen LogP contribution in [0.5, 0.6) is 0 Å². The zero-order chi connectivity index (χ0) is 16.3. The van der Waals surface area contributed by atoms with Crippen molar-refractivity contribution in [2.24, 2.45) is 0 Å². The Balaban J connectivity index is 1.50. The molecule has 1 N–H and O–H groups in total. The van der Waals surface area contributed by atoms with E-state index in [0.717, 1.165) is 26.1 Å². The van der Waals surface area contributed by atoms with Gasteiger partial charge in [-0.05, 0) is 19.1 Å². The number of carbonyl (C=O) groups excluding carboxylic acids is 1. The van der Waals surface area contributed by atoms with Crippen LogP contribution in [0.1, 0.15) is 19.8 Å². The van der Waals surface area contributed by atoms with Crippen molar-refractivity contribution >= 4 is 23.2 Å². The number of morpholine rings is 1. The Kier molecular flexibility index (Phi) is 5.21. The molecule has 23 heavy (non-hydrogen) atoms. The summed E-state index contributed by atoms with van der Waals surface area (Å²) in [4.78, 5) is 14.4. The number of amides is 1. The molecule has 0 aliphatic carbocycles. The molecule has 6 heteroatoms. The van der Waals surface area contributed by atoms with E-state index in [9.17, 15) is 4.79 Å². The van der Waals surface area contributed by atoms with Crippen LogP contribution < -0.4 is 5.32 Å². The maximum absolute atomic E-state index is 12.1. The molecule has 2 aliphatic rings. The third kappa shape index (κ3) is 3.86. The highest BCUT2D eigenvalue weighted by molar-refractivity contribution is 6.33. The van der Waals surface area contributed by atoms with Crippen LogP contribution in [0.25, 0.3) is 0 Å². The molecule has 0 aromatic heterocycles. The number of ether oxygens (including phenoxy) is 2. The van der Waals surface area contributed by atoms with Gasteiger partial charge in [-0.3, -0.25) is 9.69 Å². The summed E-state index contributed by atoms with van der Waals surface area (Å²) >= 11 is 6.06. The Morgan fingerprint density at radius 1 is 1.43 bits per heavy atom. The van der Waals surface area contributed by atoms with Gasteiger partial charge in [0.15, 0.2) is 0 Å². The summed E-state index contributed by atoms with van der Waals surface area (Å²) in [5, 5.41) is 3.42. The zero-order valence-electron chi connectivity index (χ0n) is 13.4. The van der Waals surface area contributed by atoms with Crippen LogP contribution in [-0.4, -0.2) is 55.4 Å². The number of nitrogens with zero attached hydrogens (tertiary/aromatic N) is 1. The lowest BCUT2D eigenvalue weighted by Crippen LogP contribution is -2.55. The Morgan fingerprint density at radius 3 is 3.00 bits per heavy atom. The number of halogens is 1. The van der Waals surface area contributed by atoms with Gasteiger partial charge in [-0.1, -0.05) is 23.7 Å². The zero-order valence-corrected chi connectivity index (χ0v) is 14.1. The van der Waals surface area contributed by atoms with Gasteiger partial charge < -0.3 is 14.8 Å². The van der Waals surface area contributed by atoms with Crippen LogP contribution >= 0.6 is 11.6 Å². The summed E-state index contributed by atoms with van der Waals surface area (Å²) in [7, 11) is 0. The molecule has 2 aliphatic heterocycles. The number of benzene rings is 1. The SMILES string of the molecule is C[C@H]1OCC[C@@]12CN(CCC(=O)Nc1ccccc1Cl)CCO2. The molecule has 2 fully saturated rings. The van der Waals surface area contributed by atoms with E-state index in [2.05, 4.69) is 17.1 Å². The lowest BCUT2D eigenvalue weighted by molar-refractivity contribution is -0.137. The first kappa shape index (κ1) is 16.7. The first-order valence-electron chi connectivity index (χ1n) is 8.11. The van der Waals surface area contributed by atoms with Gasteiger partial charge in [-0.15, -0.1) is 0 Å². The first-order valence-corrected chi connectivity index (χ1v) is 8.49. The van der Waals surface area contributed by atoms with E-state index in [1.54, 1.807) is 6.07 Å². The lowest BCUT2D eigenvalue weighted by atomic mass is 9.94. The van der Waals surface area contributed by atoms with E-state index in [1.165, 1.54) is 0 Å². The highest BCUT2D eigenvalue weighted by atomic mass is 35.5. The van der Waals surface area contributed by atoms with Crippen molar-refractivity contribution in [1.82, 2.24) is 4.90 Å². The van der Waals surface area contributed by atoms with Crippen molar-refractivity contribution in [2.75, 3.05) is 38.2 Å². The van der Waals surface area contributed by atoms with E-state index in [4.69, 9.17) is 21.1 Å². The average Bonchev–Trinajstić information content (AvgIpc) is 2.88. The van der Waals surface area contributed by atoms with Gasteiger partial charge in [0.05, 0.1) is 23.4 Å². The molecule has 1 amide bonds. The molecule has 126 valence electrons. The van der Waals surface area contributed by atoms with E-state index in [-0.39, 0.29) is 17.6 Å². The topological polar surface area (TPSA) is 50.8 Å². The molecular weight excluding hydrogens is 316 g/mol. The van der Waals surface area contributed by atoms with Crippen LogP contribution in [-0.2, 0) is 14.3 Å². The van der Waals surface area contributed by atoms with Crippen LogP contribution in [0.3, 0.4) is 0 Å². The largest absolute Gasteiger partial charge is 0.375 e. The molecule has 2 saturated heterocycles. The van der Waals surface area contributed by atoms with Gasteiger partial charge in [0, 0.05) is 39.1 Å². The summed E-state index contributed by atoms with van der Waals surface area (Å²) in [5.41, 5.74) is 0.465. The Morgan fingerprint density at radius 2 is 2.26 bits per heavy atom. The van der Waals surface area contributed by atoms with Gasteiger partial charge in [0.25, 0.3) is 0 Å². The fourth-order valence-corrected chi connectivity index (χ4v) is 3.45. The van der Waals surface area contributed by atoms with E-state index < -0.39 is 0 Å². The van der Waals surface area contributed by atoms with Crippen molar-refractivity contribution in [1.29, 1.82) is 0 Å². The van der Waals surface area contributed by atoms with Crippen LogP contribution in [0, 0.1) is 0 Å². The summed E-state index contributed by atoms with van der Waals surface area (Å²) in [6.45, 7) is 5.91. The van der Waals surface area contributed by atoms with Crippen LogP contribution in [0.2, 0.25) is 5.02 Å². The number of hydrogen-bond acceptors (Lipinski definition) is 4. The molecular formula is C17H23ClN2O3. The van der Waals surface area contributed by atoms with Crippen molar-refractivity contribution in [2.45, 2.75) is 31.5 Å². The van der Waals surface area contributed by atoms with Crippen molar-refractivity contribution in [3.05, 3.63) is 29.3 Å².